The molecular formula is C8H10N4S. The molecule has 2 rings (SSSR count). The van der Waals surface area contributed by atoms with E-state index >= 15 is 0 Å². The summed E-state index contributed by atoms with van der Waals surface area (Å²) in [5, 5.41) is 0.980. The summed E-state index contributed by atoms with van der Waals surface area (Å²) >= 11 is 1.70. The van der Waals surface area contributed by atoms with Gasteiger partial charge in [-0.25, -0.2) is 15.0 Å². The second kappa shape index (κ2) is 3.33. The lowest BCUT2D eigenvalue weighted by atomic mass is 10.6. The van der Waals surface area contributed by atoms with E-state index in [1.165, 1.54) is 0 Å². The SMILES string of the molecule is CCSc1ncnc2nc(C)[nH]c12. The molecule has 0 bridgehead atoms. The van der Waals surface area contributed by atoms with Gasteiger partial charge in [0.1, 0.15) is 22.7 Å². The molecular weight excluding hydrogens is 184 g/mol. The molecule has 68 valence electrons. The van der Waals surface area contributed by atoms with E-state index in [0.29, 0.717) is 0 Å². The predicted molar refractivity (Wildman–Crippen MR) is 52.8 cm³/mol. The summed E-state index contributed by atoms with van der Waals surface area (Å²) in [6.45, 7) is 4.02. The molecule has 0 fully saturated rings. The summed E-state index contributed by atoms with van der Waals surface area (Å²) in [4.78, 5) is 15.7. The molecule has 0 atom stereocenters. The molecule has 5 heteroatoms. The van der Waals surface area contributed by atoms with Crippen LogP contribution in [-0.2, 0) is 0 Å². The molecule has 0 saturated carbocycles. The van der Waals surface area contributed by atoms with Gasteiger partial charge in [0, 0.05) is 0 Å². The van der Waals surface area contributed by atoms with Gasteiger partial charge in [0.15, 0.2) is 5.65 Å². The van der Waals surface area contributed by atoms with Crippen molar-refractivity contribution in [2.75, 3.05) is 5.75 Å². The zero-order valence-corrected chi connectivity index (χ0v) is 8.35. The van der Waals surface area contributed by atoms with E-state index in [2.05, 4.69) is 26.9 Å². The normalized spacial score (nSPS) is 10.9. The number of H-pyrrole nitrogens is 1. The third-order valence-electron chi connectivity index (χ3n) is 1.65. The van der Waals surface area contributed by atoms with Crippen LogP contribution in [-0.4, -0.2) is 25.7 Å². The van der Waals surface area contributed by atoms with Crippen molar-refractivity contribution in [2.24, 2.45) is 0 Å². The molecule has 2 aromatic rings. The van der Waals surface area contributed by atoms with Crippen LogP contribution in [0.3, 0.4) is 0 Å². The molecule has 4 nitrogen and oxygen atoms in total. The highest BCUT2D eigenvalue weighted by molar-refractivity contribution is 7.99. The number of thioether (sulfide) groups is 1. The highest BCUT2D eigenvalue weighted by Gasteiger charge is 2.06. The Balaban J connectivity index is 2.60. The van der Waals surface area contributed by atoms with Gasteiger partial charge in [-0.05, 0) is 12.7 Å². The summed E-state index contributed by atoms with van der Waals surface area (Å²) in [5.74, 6) is 1.89. The smallest absolute Gasteiger partial charge is 0.181 e. The quantitative estimate of drug-likeness (QED) is 0.584. The van der Waals surface area contributed by atoms with Gasteiger partial charge in [-0.15, -0.1) is 11.8 Å². The summed E-state index contributed by atoms with van der Waals surface area (Å²) in [5.41, 5.74) is 1.70. The van der Waals surface area contributed by atoms with Crippen LogP contribution in [0, 0.1) is 6.92 Å². The van der Waals surface area contributed by atoms with Crippen LogP contribution in [0.1, 0.15) is 12.7 Å². The minimum Gasteiger partial charge on any atom is -0.339 e. The van der Waals surface area contributed by atoms with Crippen LogP contribution >= 0.6 is 11.8 Å². The average molecular weight is 194 g/mol. The molecule has 2 heterocycles. The number of nitrogens with zero attached hydrogens (tertiary/aromatic N) is 3. The van der Waals surface area contributed by atoms with Crippen LogP contribution in [0.4, 0.5) is 0 Å². The summed E-state index contributed by atoms with van der Waals surface area (Å²) in [6.07, 6.45) is 1.56. The van der Waals surface area contributed by atoms with E-state index < -0.39 is 0 Å². The Hall–Kier alpha value is -1.10. The Labute approximate surface area is 80.2 Å². The van der Waals surface area contributed by atoms with Crippen molar-refractivity contribution < 1.29 is 0 Å². The monoisotopic (exact) mass is 194 g/mol. The molecule has 0 amide bonds. The van der Waals surface area contributed by atoms with Crippen molar-refractivity contribution >= 4 is 22.9 Å². The van der Waals surface area contributed by atoms with Gasteiger partial charge in [0.05, 0.1) is 0 Å². The maximum absolute atomic E-state index is 4.24. The fraction of sp³-hybridized carbons (Fsp3) is 0.375. The van der Waals surface area contributed by atoms with Gasteiger partial charge in [-0.1, -0.05) is 6.92 Å². The largest absolute Gasteiger partial charge is 0.339 e. The summed E-state index contributed by atoms with van der Waals surface area (Å²) in [6, 6.07) is 0. The minimum absolute atomic E-state index is 0.753. The van der Waals surface area contributed by atoms with E-state index in [-0.39, 0.29) is 0 Å². The van der Waals surface area contributed by atoms with Crippen molar-refractivity contribution in [3.63, 3.8) is 0 Å². The van der Waals surface area contributed by atoms with Crippen molar-refractivity contribution in [3.8, 4) is 0 Å². The fourth-order valence-corrected chi connectivity index (χ4v) is 1.85. The van der Waals surface area contributed by atoms with Crippen molar-refractivity contribution in [1.82, 2.24) is 19.9 Å². The van der Waals surface area contributed by atoms with E-state index in [0.717, 1.165) is 27.8 Å². The molecule has 0 aliphatic carbocycles. The molecule has 0 aliphatic rings. The third kappa shape index (κ3) is 1.51. The van der Waals surface area contributed by atoms with Gasteiger partial charge in [0.2, 0.25) is 0 Å². The predicted octanol–water partition coefficient (Wildman–Crippen LogP) is 1.77. The Morgan fingerprint density at radius 2 is 2.31 bits per heavy atom. The lowest BCUT2D eigenvalue weighted by molar-refractivity contribution is 1.08. The first-order chi connectivity index (χ1) is 6.31. The molecule has 1 N–H and O–H groups in total. The molecule has 0 spiro atoms. The second-order valence-electron chi connectivity index (χ2n) is 2.63. The molecule has 0 radical (unpaired) electrons. The molecule has 0 aliphatic heterocycles. The number of hydrogen-bond acceptors (Lipinski definition) is 4. The zero-order valence-electron chi connectivity index (χ0n) is 7.53. The second-order valence-corrected chi connectivity index (χ2v) is 3.89. The number of aromatic nitrogens is 4. The van der Waals surface area contributed by atoms with Crippen LogP contribution in [0.5, 0.6) is 0 Å². The Morgan fingerprint density at radius 3 is 3.08 bits per heavy atom. The van der Waals surface area contributed by atoms with E-state index in [1.807, 2.05) is 6.92 Å². The first-order valence-corrected chi connectivity index (χ1v) is 5.10. The number of rotatable bonds is 2. The topological polar surface area (TPSA) is 54.5 Å². The molecule has 13 heavy (non-hydrogen) atoms. The number of hydrogen-bond donors (Lipinski definition) is 1. The molecule has 2 aromatic heterocycles. The highest BCUT2D eigenvalue weighted by Crippen LogP contribution is 2.21. The highest BCUT2D eigenvalue weighted by atomic mass is 32.2. The van der Waals surface area contributed by atoms with Gasteiger partial charge in [-0.2, -0.15) is 0 Å². The summed E-state index contributed by atoms with van der Waals surface area (Å²) in [7, 11) is 0. The van der Waals surface area contributed by atoms with Crippen LogP contribution in [0.25, 0.3) is 11.2 Å². The van der Waals surface area contributed by atoms with Gasteiger partial charge in [-0.3, -0.25) is 0 Å². The standard InChI is InChI=1S/C8H10N4S/c1-3-13-8-6-7(9-4-10-8)12-5(2)11-6/h4H,3H2,1-2H3,(H,9,10,11,12). The van der Waals surface area contributed by atoms with Crippen LogP contribution < -0.4 is 0 Å². The average Bonchev–Trinajstić information content (AvgIpc) is 2.47. The lowest BCUT2D eigenvalue weighted by Gasteiger charge is -1.96. The number of aryl methyl sites for hydroxylation is 1. The van der Waals surface area contributed by atoms with E-state index in [9.17, 15) is 0 Å². The van der Waals surface area contributed by atoms with Gasteiger partial charge >= 0.3 is 0 Å². The Bertz CT molecular complexity index is 423. The van der Waals surface area contributed by atoms with Crippen molar-refractivity contribution in [3.05, 3.63) is 12.2 Å². The minimum atomic E-state index is 0.753. The first-order valence-electron chi connectivity index (χ1n) is 4.11. The summed E-state index contributed by atoms with van der Waals surface area (Å²) < 4.78 is 0. The third-order valence-corrected chi connectivity index (χ3v) is 2.52. The van der Waals surface area contributed by atoms with Crippen molar-refractivity contribution in [1.29, 1.82) is 0 Å². The van der Waals surface area contributed by atoms with E-state index in [1.54, 1.807) is 18.1 Å². The van der Waals surface area contributed by atoms with Crippen LogP contribution in [0.15, 0.2) is 11.4 Å². The molecule has 0 unspecified atom stereocenters. The van der Waals surface area contributed by atoms with E-state index in [4.69, 9.17) is 0 Å². The zero-order chi connectivity index (χ0) is 9.26. The van der Waals surface area contributed by atoms with Crippen molar-refractivity contribution in [2.45, 2.75) is 18.9 Å². The van der Waals surface area contributed by atoms with Gasteiger partial charge < -0.3 is 4.98 Å². The first kappa shape index (κ1) is 8.50. The number of aromatic amines is 1. The molecule has 0 aromatic carbocycles. The molecule has 0 saturated heterocycles. The number of imidazole rings is 1. The Morgan fingerprint density at radius 1 is 1.46 bits per heavy atom. The fourth-order valence-electron chi connectivity index (χ4n) is 1.17. The Kier molecular flexibility index (Phi) is 2.18. The maximum Gasteiger partial charge on any atom is 0.181 e. The lowest BCUT2D eigenvalue weighted by Crippen LogP contribution is -1.85. The number of fused-ring (bicyclic) bond motifs is 1. The maximum atomic E-state index is 4.24. The van der Waals surface area contributed by atoms with Crippen LogP contribution in [0.2, 0.25) is 0 Å². The van der Waals surface area contributed by atoms with Gasteiger partial charge in [0.25, 0.3) is 0 Å². The number of nitrogens with one attached hydrogen (secondary N) is 1.